The Labute approximate surface area is 179 Å². The van der Waals surface area contributed by atoms with Crippen LogP contribution in [0.4, 0.5) is 4.39 Å². The summed E-state index contributed by atoms with van der Waals surface area (Å²) >= 11 is 0. The van der Waals surface area contributed by atoms with Gasteiger partial charge in [-0.1, -0.05) is 6.42 Å². The number of nitrogens with zero attached hydrogens (tertiary/aromatic N) is 2. The first-order valence-corrected chi connectivity index (χ1v) is 10.6. The van der Waals surface area contributed by atoms with E-state index in [1.54, 1.807) is 11.1 Å². The summed E-state index contributed by atoms with van der Waals surface area (Å²) in [6.07, 6.45) is 4.56. The highest BCUT2D eigenvalue weighted by atomic mass is 19.1. The molecule has 2 aromatic rings. The van der Waals surface area contributed by atoms with E-state index in [2.05, 4.69) is 5.32 Å². The molecule has 0 radical (unpaired) electrons. The third-order valence-corrected chi connectivity index (χ3v) is 6.39. The number of amides is 2. The van der Waals surface area contributed by atoms with Crippen molar-refractivity contribution in [2.75, 3.05) is 13.2 Å². The van der Waals surface area contributed by atoms with Crippen LogP contribution in [0.15, 0.2) is 35.3 Å². The van der Waals surface area contributed by atoms with Gasteiger partial charge in [-0.3, -0.25) is 19.0 Å². The topological polar surface area (TPSA) is 91.6 Å². The van der Waals surface area contributed by atoms with Crippen LogP contribution in [0.25, 0.3) is 5.69 Å². The number of fused-ring (bicyclic) bond motifs is 1. The van der Waals surface area contributed by atoms with Crippen molar-refractivity contribution < 1.29 is 19.1 Å². The Bertz CT molecular complexity index is 1060. The van der Waals surface area contributed by atoms with Gasteiger partial charge in [0, 0.05) is 50.5 Å². The number of halogens is 1. The molecule has 4 rings (SSSR count). The summed E-state index contributed by atoms with van der Waals surface area (Å²) in [5, 5.41) is 12.5. The number of hydrogen-bond acceptors (Lipinski definition) is 4. The van der Waals surface area contributed by atoms with Gasteiger partial charge in [0.2, 0.25) is 5.91 Å². The molecular formula is C23H26FN3O4. The van der Waals surface area contributed by atoms with Crippen LogP contribution < -0.4 is 10.9 Å². The van der Waals surface area contributed by atoms with E-state index in [0.717, 1.165) is 24.8 Å². The average molecular weight is 427 g/mol. The highest BCUT2D eigenvalue weighted by molar-refractivity contribution is 5.96. The number of aromatic nitrogens is 1. The van der Waals surface area contributed by atoms with E-state index < -0.39 is 17.3 Å². The summed E-state index contributed by atoms with van der Waals surface area (Å²) in [6, 6.07) is 5.30. The average Bonchev–Trinajstić information content (AvgIpc) is 3.20. The fraction of sp³-hybridized carbons (Fsp3) is 0.435. The highest BCUT2D eigenvalue weighted by Gasteiger charge is 2.32. The molecule has 1 saturated carbocycles. The molecule has 0 bridgehead atoms. The lowest BCUT2D eigenvalue weighted by atomic mass is 9.95. The second kappa shape index (κ2) is 8.63. The fourth-order valence-corrected chi connectivity index (χ4v) is 4.64. The number of nitrogens with one attached hydrogen (secondary N) is 1. The summed E-state index contributed by atoms with van der Waals surface area (Å²) in [4.78, 5) is 40.2. The van der Waals surface area contributed by atoms with Gasteiger partial charge >= 0.3 is 0 Å². The summed E-state index contributed by atoms with van der Waals surface area (Å²) < 4.78 is 14.7. The molecule has 1 fully saturated rings. The van der Waals surface area contributed by atoms with Crippen LogP contribution in [-0.4, -0.2) is 45.6 Å². The molecular weight excluding hydrogens is 401 g/mol. The van der Waals surface area contributed by atoms with E-state index >= 15 is 0 Å². The minimum atomic E-state index is -0.474. The van der Waals surface area contributed by atoms with Crippen molar-refractivity contribution in [3.8, 4) is 5.69 Å². The molecule has 1 aliphatic heterocycles. The Morgan fingerprint density at radius 1 is 1.23 bits per heavy atom. The standard InChI is InChI=1S/C23H26FN3O4/c1-14(29)26-10-9-19-16(11-26)12-27(18-7-5-17(24)6-8-18)23(31)21(19)22(30)25-20-4-2-3-15(20)13-28/h5-8,12,15,20,28H,2-4,9-11,13H2,1H3,(H,25,30)/t15-,20-/m0/s1. The molecule has 7 nitrogen and oxygen atoms in total. The lowest BCUT2D eigenvalue weighted by Crippen LogP contribution is -2.44. The van der Waals surface area contributed by atoms with Crippen LogP contribution in [0.1, 0.15) is 47.7 Å². The first-order chi connectivity index (χ1) is 14.9. The molecule has 2 heterocycles. The van der Waals surface area contributed by atoms with Crippen LogP contribution in [-0.2, 0) is 17.8 Å². The molecule has 2 amide bonds. The third kappa shape index (κ3) is 4.12. The lowest BCUT2D eigenvalue weighted by molar-refractivity contribution is -0.129. The van der Waals surface area contributed by atoms with Crippen molar-refractivity contribution in [3.63, 3.8) is 0 Å². The Kier molecular flexibility index (Phi) is 5.91. The molecule has 2 aliphatic rings. The zero-order valence-electron chi connectivity index (χ0n) is 17.4. The summed E-state index contributed by atoms with van der Waals surface area (Å²) in [5.74, 6) is -0.977. The van der Waals surface area contributed by atoms with Crippen LogP contribution in [0.3, 0.4) is 0 Å². The molecule has 2 N–H and O–H groups in total. The van der Waals surface area contributed by atoms with Gasteiger partial charge < -0.3 is 15.3 Å². The maximum Gasteiger partial charge on any atom is 0.268 e. The number of hydrogen-bond donors (Lipinski definition) is 2. The first kappa shape index (κ1) is 21.2. The number of pyridine rings is 1. The Hall–Kier alpha value is -3.00. The van der Waals surface area contributed by atoms with Gasteiger partial charge in [-0.2, -0.15) is 0 Å². The SMILES string of the molecule is CC(=O)N1CCc2c(cn(-c3ccc(F)cc3)c(=O)c2C(=O)N[C@H]2CCC[C@H]2CO)C1. The maximum atomic E-state index is 13.4. The van der Waals surface area contributed by atoms with Crippen molar-refractivity contribution in [3.05, 3.63) is 63.3 Å². The van der Waals surface area contributed by atoms with Crippen molar-refractivity contribution in [1.82, 2.24) is 14.8 Å². The normalized spacial score (nSPS) is 20.4. The van der Waals surface area contributed by atoms with E-state index in [9.17, 15) is 23.9 Å². The zero-order valence-corrected chi connectivity index (χ0v) is 17.4. The summed E-state index contributed by atoms with van der Waals surface area (Å²) in [7, 11) is 0. The summed E-state index contributed by atoms with van der Waals surface area (Å²) in [6.45, 7) is 2.22. The van der Waals surface area contributed by atoms with E-state index in [1.807, 2.05) is 0 Å². The Balaban J connectivity index is 1.79. The number of aliphatic hydroxyl groups excluding tert-OH is 1. The quantitative estimate of drug-likeness (QED) is 0.778. The minimum Gasteiger partial charge on any atom is -0.396 e. The number of carbonyl (C=O) groups is 2. The number of benzene rings is 1. The van der Waals surface area contributed by atoms with Gasteiger partial charge in [-0.15, -0.1) is 0 Å². The highest BCUT2D eigenvalue weighted by Crippen LogP contribution is 2.27. The zero-order chi connectivity index (χ0) is 22.1. The number of carbonyl (C=O) groups excluding carboxylic acids is 2. The molecule has 31 heavy (non-hydrogen) atoms. The molecule has 0 saturated heterocycles. The van der Waals surface area contributed by atoms with Crippen LogP contribution in [0, 0.1) is 11.7 Å². The van der Waals surface area contributed by atoms with Crippen LogP contribution in [0.2, 0.25) is 0 Å². The van der Waals surface area contributed by atoms with Crippen molar-refractivity contribution >= 4 is 11.8 Å². The maximum absolute atomic E-state index is 13.4. The molecule has 1 aromatic carbocycles. The molecule has 8 heteroatoms. The van der Waals surface area contributed by atoms with E-state index in [4.69, 9.17) is 0 Å². The number of rotatable bonds is 4. The van der Waals surface area contributed by atoms with Gasteiger partial charge in [-0.25, -0.2) is 4.39 Å². The van der Waals surface area contributed by atoms with E-state index in [0.29, 0.717) is 30.8 Å². The fourth-order valence-electron chi connectivity index (χ4n) is 4.64. The smallest absolute Gasteiger partial charge is 0.268 e. The second-order valence-electron chi connectivity index (χ2n) is 8.30. The molecule has 2 atom stereocenters. The third-order valence-electron chi connectivity index (χ3n) is 6.39. The van der Waals surface area contributed by atoms with Crippen LogP contribution >= 0.6 is 0 Å². The minimum absolute atomic E-state index is 0.00870. The van der Waals surface area contributed by atoms with E-state index in [-0.39, 0.29) is 30.0 Å². The van der Waals surface area contributed by atoms with E-state index in [1.165, 1.54) is 35.8 Å². The molecule has 0 spiro atoms. The number of aliphatic hydroxyl groups is 1. The van der Waals surface area contributed by atoms with Gasteiger partial charge in [-0.05, 0) is 54.7 Å². The predicted molar refractivity (Wildman–Crippen MR) is 112 cm³/mol. The van der Waals surface area contributed by atoms with Gasteiger partial charge in [0.05, 0.1) is 0 Å². The Morgan fingerprint density at radius 3 is 2.65 bits per heavy atom. The summed E-state index contributed by atoms with van der Waals surface area (Å²) in [5.41, 5.74) is 1.40. The molecule has 0 unspecified atom stereocenters. The molecule has 164 valence electrons. The molecule has 1 aliphatic carbocycles. The predicted octanol–water partition coefficient (Wildman–Crippen LogP) is 1.77. The lowest BCUT2D eigenvalue weighted by Gasteiger charge is -2.30. The van der Waals surface area contributed by atoms with Crippen molar-refractivity contribution in [1.29, 1.82) is 0 Å². The molecule has 1 aromatic heterocycles. The first-order valence-electron chi connectivity index (χ1n) is 10.6. The van der Waals surface area contributed by atoms with Crippen LogP contribution in [0.5, 0.6) is 0 Å². The van der Waals surface area contributed by atoms with Crippen molar-refractivity contribution in [2.24, 2.45) is 5.92 Å². The Morgan fingerprint density at radius 2 is 1.97 bits per heavy atom. The monoisotopic (exact) mass is 427 g/mol. The van der Waals surface area contributed by atoms with Crippen molar-refractivity contribution in [2.45, 2.75) is 45.2 Å². The van der Waals surface area contributed by atoms with Gasteiger partial charge in [0.15, 0.2) is 0 Å². The largest absolute Gasteiger partial charge is 0.396 e. The van der Waals surface area contributed by atoms with Gasteiger partial charge in [0.25, 0.3) is 11.5 Å². The van der Waals surface area contributed by atoms with Gasteiger partial charge in [0.1, 0.15) is 11.4 Å². The second-order valence-corrected chi connectivity index (χ2v) is 8.30.